The van der Waals surface area contributed by atoms with Gasteiger partial charge in [0.2, 0.25) is 0 Å². The summed E-state index contributed by atoms with van der Waals surface area (Å²) in [6.07, 6.45) is 5.85. The summed E-state index contributed by atoms with van der Waals surface area (Å²) in [7, 11) is 0. The molecule has 24 heavy (non-hydrogen) atoms. The Balaban J connectivity index is -0.00000000866. The Morgan fingerprint density at radius 2 is 0.500 bits per heavy atom. The van der Waals surface area contributed by atoms with Crippen LogP contribution in [-0.2, 0) is 0 Å². The van der Waals surface area contributed by atoms with E-state index >= 15 is 0 Å². The van der Waals surface area contributed by atoms with Crippen molar-refractivity contribution in [1.29, 1.82) is 0 Å². The summed E-state index contributed by atoms with van der Waals surface area (Å²) in [6.45, 7) is 43.9. The molecule has 0 heteroatoms. The zero-order valence-corrected chi connectivity index (χ0v) is 22.2. The van der Waals surface area contributed by atoms with Gasteiger partial charge in [-0.15, -0.1) is 25.5 Å². The fourth-order valence-corrected chi connectivity index (χ4v) is 0. The summed E-state index contributed by atoms with van der Waals surface area (Å²) in [5.41, 5.74) is 0. The molecule has 0 aromatic rings. The highest BCUT2D eigenvalue weighted by Gasteiger charge is 1.35. The molecule has 0 aliphatic heterocycles. The van der Waals surface area contributed by atoms with Gasteiger partial charge in [-0.3, -0.25) is 0 Å². The first kappa shape index (κ1) is 76.6. The minimum atomic E-state index is 1.25. The molecular weight excluding hydrogens is 288 g/mol. The monoisotopic (exact) mass is 353 g/mol. The van der Waals surface area contributed by atoms with Crippen molar-refractivity contribution in [3.8, 4) is 12.3 Å². The molecule has 0 unspecified atom stereocenters. The van der Waals surface area contributed by atoms with Crippen LogP contribution in [0.2, 0.25) is 0 Å². The van der Waals surface area contributed by atoms with Gasteiger partial charge in [0.05, 0.1) is 0 Å². The lowest BCUT2D eigenvalue weighted by Gasteiger charge is -1.48. The van der Waals surface area contributed by atoms with Crippen LogP contribution in [0.15, 0.2) is 13.2 Å². The molecule has 0 saturated carbocycles. The van der Waals surface area contributed by atoms with E-state index in [1.165, 1.54) is 6.42 Å². The highest BCUT2D eigenvalue weighted by Crippen LogP contribution is 1.56. The first-order chi connectivity index (χ1) is 11.8. The molecule has 0 spiro atoms. The Kier molecular flexibility index (Phi) is 19100. The Hall–Kier alpha value is -0.700. The molecular formula is C24H64. The molecule has 0 aromatic carbocycles. The van der Waals surface area contributed by atoms with Gasteiger partial charge in [0, 0.05) is 0 Å². The molecule has 0 radical (unpaired) electrons. The topological polar surface area (TPSA) is 0 Å². The molecule has 0 nitrogen and oxygen atoms in total. The molecule has 0 aromatic heterocycles. The Bertz CT molecular complexity index is 38.5. The number of rotatable bonds is 0. The summed E-state index contributed by atoms with van der Waals surface area (Å²) < 4.78 is 0. The molecule has 0 atom stereocenters. The van der Waals surface area contributed by atoms with Gasteiger partial charge < -0.3 is 0 Å². The van der Waals surface area contributed by atoms with E-state index in [1.807, 2.05) is 111 Å². The minimum Gasteiger partial charge on any atom is -0.120 e. The molecule has 0 amide bonds. The third-order valence-corrected chi connectivity index (χ3v) is 0. The van der Waals surface area contributed by atoms with Gasteiger partial charge in [-0.1, -0.05) is 131 Å². The van der Waals surface area contributed by atoms with Gasteiger partial charge >= 0.3 is 0 Å². The van der Waals surface area contributed by atoms with Crippen molar-refractivity contribution >= 4 is 0 Å². The highest BCUT2D eigenvalue weighted by atomic mass is 13.4. The van der Waals surface area contributed by atoms with Crippen molar-refractivity contribution in [2.24, 2.45) is 0 Å². The molecule has 0 saturated heterocycles. The van der Waals surface area contributed by atoms with Crippen LogP contribution in [0, 0.1) is 12.3 Å². The van der Waals surface area contributed by atoms with Crippen LogP contribution in [0.25, 0.3) is 0 Å². The lowest BCUT2D eigenvalue weighted by Crippen LogP contribution is -1.27. The second kappa shape index (κ2) is 5990. The van der Waals surface area contributed by atoms with Crippen molar-refractivity contribution in [3.05, 3.63) is 13.2 Å². The highest BCUT2D eigenvalue weighted by molar-refractivity contribution is 4.73. The molecule has 160 valence electrons. The Morgan fingerprint density at radius 1 is 0.500 bits per heavy atom. The molecule has 0 rings (SSSR count). The van der Waals surface area contributed by atoms with Gasteiger partial charge in [0.1, 0.15) is 0 Å². The minimum absolute atomic E-state index is 1.25. The summed E-state index contributed by atoms with van der Waals surface area (Å²) in [5, 5.41) is 0. The third kappa shape index (κ3) is 17900. The summed E-state index contributed by atoms with van der Waals surface area (Å²) in [6, 6.07) is 0. The van der Waals surface area contributed by atoms with E-state index in [0.29, 0.717) is 0 Å². The van der Waals surface area contributed by atoms with Crippen molar-refractivity contribution < 1.29 is 0 Å². The van der Waals surface area contributed by atoms with Crippen molar-refractivity contribution in [2.45, 2.75) is 138 Å². The second-order valence-electron chi connectivity index (χ2n) is 0.996. The molecule has 0 heterocycles. The standard InChI is InChI=1S/C3H8.C3H4.8C2H6.C2H4/c2*1-3-2;9*1-2/h3H2,1-2H3;1H,2H3;8*1-2H3;1-2H2. The van der Waals surface area contributed by atoms with Crippen LogP contribution in [0.5, 0.6) is 0 Å². The molecule has 0 aliphatic rings. The van der Waals surface area contributed by atoms with Gasteiger partial charge in [-0.05, 0) is 6.92 Å². The average molecular weight is 353 g/mol. The molecule has 0 bridgehead atoms. The van der Waals surface area contributed by atoms with Gasteiger partial charge in [-0.2, -0.15) is 0 Å². The van der Waals surface area contributed by atoms with Crippen molar-refractivity contribution in [1.82, 2.24) is 0 Å². The lowest BCUT2D eigenvalue weighted by molar-refractivity contribution is 1.09. The van der Waals surface area contributed by atoms with Gasteiger partial charge in [-0.25, -0.2) is 0 Å². The average Bonchev–Trinajstić information content (AvgIpc) is 2.76. The maximum absolute atomic E-state index is 4.60. The van der Waals surface area contributed by atoms with Crippen LogP contribution in [0.4, 0.5) is 0 Å². The van der Waals surface area contributed by atoms with Crippen LogP contribution in [-0.4, -0.2) is 0 Å². The normalized spacial score (nSPS) is 3.25. The Morgan fingerprint density at radius 3 is 0.500 bits per heavy atom. The fraction of sp³-hybridized carbons (Fsp3) is 0.833. The number of hydrogen-bond donors (Lipinski definition) is 0. The van der Waals surface area contributed by atoms with E-state index < -0.39 is 0 Å². The van der Waals surface area contributed by atoms with Crippen molar-refractivity contribution in [3.63, 3.8) is 0 Å². The zero-order valence-electron chi connectivity index (χ0n) is 22.2. The van der Waals surface area contributed by atoms with E-state index in [4.69, 9.17) is 0 Å². The second-order valence-corrected chi connectivity index (χ2v) is 0.996. The van der Waals surface area contributed by atoms with Crippen LogP contribution in [0.3, 0.4) is 0 Å². The molecule has 0 N–H and O–H groups in total. The third-order valence-electron chi connectivity index (χ3n) is 0. The predicted molar refractivity (Wildman–Crippen MR) is 133 cm³/mol. The number of hydrogen-bond acceptors (Lipinski definition) is 0. The maximum Gasteiger partial charge on any atom is -0.00297 e. The summed E-state index contributed by atoms with van der Waals surface area (Å²) in [5.74, 6) is 2.25. The largest absolute Gasteiger partial charge is 0.120 e. The van der Waals surface area contributed by atoms with E-state index in [-0.39, 0.29) is 0 Å². The van der Waals surface area contributed by atoms with Crippen LogP contribution >= 0.6 is 0 Å². The van der Waals surface area contributed by atoms with Crippen LogP contribution < -0.4 is 0 Å². The Labute approximate surface area is 164 Å². The van der Waals surface area contributed by atoms with Crippen LogP contribution in [0.1, 0.15) is 138 Å². The fourth-order valence-electron chi connectivity index (χ4n) is 0. The number of terminal acetylenes is 1. The maximum atomic E-state index is 4.60. The van der Waals surface area contributed by atoms with Gasteiger partial charge in [0.25, 0.3) is 0 Å². The first-order valence-corrected chi connectivity index (χ1v) is 10.7. The van der Waals surface area contributed by atoms with E-state index in [9.17, 15) is 0 Å². The van der Waals surface area contributed by atoms with E-state index in [1.54, 1.807) is 6.92 Å². The van der Waals surface area contributed by atoms with Gasteiger partial charge in [0.15, 0.2) is 0 Å². The summed E-state index contributed by atoms with van der Waals surface area (Å²) in [4.78, 5) is 0. The smallest absolute Gasteiger partial charge is 0.00297 e. The summed E-state index contributed by atoms with van der Waals surface area (Å²) >= 11 is 0. The van der Waals surface area contributed by atoms with E-state index in [0.717, 1.165) is 0 Å². The first-order valence-electron chi connectivity index (χ1n) is 10.7. The lowest BCUT2D eigenvalue weighted by atomic mass is 10.6. The molecule has 0 aliphatic carbocycles. The van der Waals surface area contributed by atoms with E-state index in [2.05, 4.69) is 39.3 Å². The van der Waals surface area contributed by atoms with Crippen molar-refractivity contribution in [2.75, 3.05) is 0 Å². The SMILES string of the molecule is C#CC.C=C.CC.CC.CC.CC.CC.CC.CC.CC.CCC. The quantitative estimate of drug-likeness (QED) is 0.300. The predicted octanol–water partition coefficient (Wildman–Crippen LogP) is 11.1. The molecule has 0 fully saturated rings. The zero-order chi connectivity index (χ0) is 23.4.